The van der Waals surface area contributed by atoms with Gasteiger partial charge in [0.15, 0.2) is 5.13 Å². The molecule has 1 aromatic carbocycles. The summed E-state index contributed by atoms with van der Waals surface area (Å²) < 4.78 is 0. The number of benzene rings is 1. The normalized spacial score (nSPS) is 10.0. The van der Waals surface area contributed by atoms with Gasteiger partial charge in [0.1, 0.15) is 6.20 Å². The van der Waals surface area contributed by atoms with Gasteiger partial charge in [-0.05, 0) is 35.6 Å². The number of aromatic nitrogens is 1. The lowest BCUT2D eigenvalue weighted by atomic mass is 10.1. The number of hydrogen-bond acceptors (Lipinski definition) is 6. The van der Waals surface area contributed by atoms with E-state index in [0.29, 0.717) is 0 Å². The molecule has 8 nitrogen and oxygen atoms in total. The van der Waals surface area contributed by atoms with E-state index >= 15 is 0 Å². The van der Waals surface area contributed by atoms with E-state index in [1.807, 2.05) is 0 Å². The van der Waals surface area contributed by atoms with Crippen LogP contribution < -0.4 is 11.1 Å². The molecule has 0 aliphatic heterocycles. The van der Waals surface area contributed by atoms with Crippen molar-refractivity contribution in [3.8, 4) is 0 Å². The maximum atomic E-state index is 11.8. The summed E-state index contributed by atoms with van der Waals surface area (Å²) in [6, 6.07) is 5.69. The number of carbonyl (C=O) groups is 2. The number of primary amides is 1. The Morgan fingerprint density at radius 1 is 1.25 bits per heavy atom. The summed E-state index contributed by atoms with van der Waals surface area (Å²) in [4.78, 5) is 36.4. The van der Waals surface area contributed by atoms with E-state index in [1.165, 1.54) is 24.3 Å². The van der Waals surface area contributed by atoms with Gasteiger partial charge in [0.05, 0.1) is 4.92 Å². The molecule has 0 atom stereocenters. The highest BCUT2D eigenvalue weighted by Gasteiger charge is 2.14. The van der Waals surface area contributed by atoms with E-state index in [1.54, 1.807) is 0 Å². The maximum absolute atomic E-state index is 11.8. The Balaban J connectivity index is 2.11. The van der Waals surface area contributed by atoms with E-state index in [9.17, 15) is 19.7 Å². The van der Waals surface area contributed by atoms with Crippen LogP contribution in [-0.4, -0.2) is 21.7 Å². The monoisotopic (exact) mass is 292 g/mol. The second-order valence-corrected chi connectivity index (χ2v) is 4.67. The predicted octanol–water partition coefficient (Wildman–Crippen LogP) is 1.40. The number of nitrogens with two attached hydrogens (primary N) is 1. The summed E-state index contributed by atoms with van der Waals surface area (Å²) in [5, 5.41) is 12.9. The van der Waals surface area contributed by atoms with Gasteiger partial charge in [0.2, 0.25) is 5.91 Å². The predicted molar refractivity (Wildman–Crippen MR) is 71.7 cm³/mol. The van der Waals surface area contributed by atoms with Crippen molar-refractivity contribution in [1.82, 2.24) is 4.98 Å². The molecule has 1 heterocycles. The van der Waals surface area contributed by atoms with E-state index in [2.05, 4.69) is 10.3 Å². The van der Waals surface area contributed by atoms with Crippen molar-refractivity contribution in [2.24, 2.45) is 5.73 Å². The van der Waals surface area contributed by atoms with Crippen molar-refractivity contribution in [2.45, 2.75) is 0 Å². The van der Waals surface area contributed by atoms with Gasteiger partial charge in [0.25, 0.3) is 5.91 Å². The highest BCUT2D eigenvalue weighted by atomic mass is 32.1. The first-order valence-electron chi connectivity index (χ1n) is 5.29. The Bertz CT molecular complexity index is 680. The molecule has 0 unspecified atom stereocenters. The summed E-state index contributed by atoms with van der Waals surface area (Å²) in [5.74, 6) is -1.07. The fraction of sp³-hybridized carbons (Fsp3) is 0. The van der Waals surface area contributed by atoms with E-state index in [-0.39, 0.29) is 21.3 Å². The molecule has 20 heavy (non-hydrogen) atoms. The molecular weight excluding hydrogens is 284 g/mol. The summed E-state index contributed by atoms with van der Waals surface area (Å²) in [5.41, 5.74) is 5.65. The highest BCUT2D eigenvalue weighted by molar-refractivity contribution is 7.18. The van der Waals surface area contributed by atoms with Crippen molar-refractivity contribution in [3.05, 3.63) is 51.7 Å². The molecular formula is C11H8N4O4S. The average Bonchev–Trinajstić information content (AvgIpc) is 2.87. The van der Waals surface area contributed by atoms with Gasteiger partial charge in [-0.3, -0.25) is 25.0 Å². The second-order valence-electron chi connectivity index (χ2n) is 3.66. The van der Waals surface area contributed by atoms with Crippen LogP contribution in [0.3, 0.4) is 0 Å². The van der Waals surface area contributed by atoms with Gasteiger partial charge in [-0.1, -0.05) is 0 Å². The highest BCUT2D eigenvalue weighted by Crippen LogP contribution is 2.25. The molecule has 2 aromatic rings. The Labute approximate surface area is 116 Å². The maximum Gasteiger partial charge on any atom is 0.345 e. The van der Waals surface area contributed by atoms with Crippen molar-refractivity contribution in [1.29, 1.82) is 0 Å². The van der Waals surface area contributed by atoms with Gasteiger partial charge in [0, 0.05) is 11.1 Å². The number of anilines is 1. The first kappa shape index (κ1) is 13.6. The summed E-state index contributed by atoms with van der Waals surface area (Å²) in [6.07, 6.45) is 1.07. The fourth-order valence-electron chi connectivity index (χ4n) is 1.36. The molecule has 1 aromatic heterocycles. The second kappa shape index (κ2) is 5.45. The number of rotatable bonds is 4. The van der Waals surface area contributed by atoms with Crippen molar-refractivity contribution in [3.63, 3.8) is 0 Å². The number of nitrogens with one attached hydrogen (secondary N) is 1. The molecule has 0 saturated heterocycles. The van der Waals surface area contributed by atoms with Gasteiger partial charge >= 0.3 is 5.00 Å². The van der Waals surface area contributed by atoms with Crippen LogP contribution in [0.1, 0.15) is 20.7 Å². The SMILES string of the molecule is NC(=O)c1ccc(C(=O)Nc2ncc([N+](=O)[O-])s2)cc1. The van der Waals surface area contributed by atoms with Gasteiger partial charge in [-0.2, -0.15) is 0 Å². The van der Waals surface area contributed by atoms with Crippen LogP contribution in [-0.2, 0) is 0 Å². The number of hydrogen-bond donors (Lipinski definition) is 2. The van der Waals surface area contributed by atoms with Crippen LogP contribution in [0, 0.1) is 10.1 Å². The molecule has 0 spiro atoms. The molecule has 102 valence electrons. The lowest BCUT2D eigenvalue weighted by molar-refractivity contribution is -0.380. The van der Waals surface area contributed by atoms with Crippen molar-refractivity contribution >= 4 is 33.3 Å². The van der Waals surface area contributed by atoms with Gasteiger partial charge in [-0.25, -0.2) is 4.98 Å². The van der Waals surface area contributed by atoms with Crippen molar-refractivity contribution in [2.75, 3.05) is 5.32 Å². The molecule has 2 amide bonds. The van der Waals surface area contributed by atoms with Crippen LogP contribution in [0.2, 0.25) is 0 Å². The summed E-state index contributed by atoms with van der Waals surface area (Å²) in [7, 11) is 0. The first-order chi connectivity index (χ1) is 9.47. The van der Waals surface area contributed by atoms with E-state index in [0.717, 1.165) is 17.5 Å². The summed E-state index contributed by atoms with van der Waals surface area (Å²) >= 11 is 0.756. The minimum atomic E-state index is -0.590. The number of carbonyl (C=O) groups excluding carboxylic acids is 2. The van der Waals surface area contributed by atoms with E-state index in [4.69, 9.17) is 5.73 Å². The molecule has 0 aliphatic carbocycles. The van der Waals surface area contributed by atoms with Crippen LogP contribution in [0.5, 0.6) is 0 Å². The third kappa shape index (κ3) is 2.95. The molecule has 0 saturated carbocycles. The Morgan fingerprint density at radius 3 is 2.35 bits per heavy atom. The van der Waals surface area contributed by atoms with Crippen molar-refractivity contribution < 1.29 is 14.5 Å². The lowest BCUT2D eigenvalue weighted by Crippen LogP contribution is -2.13. The third-order valence-corrected chi connectivity index (χ3v) is 3.19. The number of amides is 2. The lowest BCUT2D eigenvalue weighted by Gasteiger charge is -2.02. The largest absolute Gasteiger partial charge is 0.366 e. The standard InChI is InChI=1S/C11H8N4O4S/c12-9(16)6-1-3-7(4-2-6)10(17)14-11-13-5-8(20-11)15(18)19/h1-5H,(H2,12,16)(H,13,14,17). The number of nitrogens with zero attached hydrogens (tertiary/aromatic N) is 2. The van der Waals surface area contributed by atoms with Crippen LogP contribution in [0.15, 0.2) is 30.5 Å². The van der Waals surface area contributed by atoms with Gasteiger partial charge < -0.3 is 5.73 Å². The number of nitro groups is 1. The fourth-order valence-corrected chi connectivity index (χ4v) is 1.99. The van der Waals surface area contributed by atoms with Crippen LogP contribution >= 0.6 is 11.3 Å². The minimum absolute atomic E-state index is 0.126. The molecule has 0 fully saturated rings. The smallest absolute Gasteiger partial charge is 0.345 e. The first-order valence-corrected chi connectivity index (χ1v) is 6.10. The summed E-state index contributed by atoms with van der Waals surface area (Å²) in [6.45, 7) is 0. The van der Waals surface area contributed by atoms with Gasteiger partial charge in [-0.15, -0.1) is 0 Å². The minimum Gasteiger partial charge on any atom is -0.366 e. The molecule has 0 radical (unpaired) electrons. The molecule has 0 aliphatic rings. The zero-order chi connectivity index (χ0) is 14.7. The third-order valence-electron chi connectivity index (χ3n) is 2.33. The quantitative estimate of drug-likeness (QED) is 0.650. The average molecular weight is 292 g/mol. The molecule has 9 heteroatoms. The van der Waals surface area contributed by atoms with Crippen LogP contribution in [0.25, 0.3) is 0 Å². The Hall–Kier alpha value is -2.81. The number of thiazole rings is 1. The molecule has 0 bridgehead atoms. The molecule has 3 N–H and O–H groups in total. The Morgan fingerprint density at radius 2 is 1.85 bits per heavy atom. The zero-order valence-corrected chi connectivity index (χ0v) is 10.7. The van der Waals surface area contributed by atoms with E-state index < -0.39 is 16.7 Å². The van der Waals surface area contributed by atoms with Crippen LogP contribution in [0.4, 0.5) is 10.1 Å². The zero-order valence-electron chi connectivity index (χ0n) is 9.90. The Kier molecular flexibility index (Phi) is 3.71. The molecule has 2 rings (SSSR count). The topological polar surface area (TPSA) is 128 Å².